The molecule has 0 spiro atoms. The summed E-state index contributed by atoms with van der Waals surface area (Å²) in [6, 6.07) is 0.476. The highest BCUT2D eigenvalue weighted by atomic mass is 79.9. The number of amides is 1. The van der Waals surface area contributed by atoms with Crippen molar-refractivity contribution in [3.05, 3.63) is 20.6 Å². The summed E-state index contributed by atoms with van der Waals surface area (Å²) in [5.74, 6) is -2.04. The molecule has 2 N–H and O–H groups in total. The number of carboxylic acids is 1. The number of aromatic hydroxyl groups is 2. The van der Waals surface area contributed by atoms with Gasteiger partial charge < -0.3 is 25.0 Å². The molecule has 1 unspecified atom stereocenters. The lowest BCUT2D eigenvalue weighted by atomic mass is 10.1. The van der Waals surface area contributed by atoms with E-state index in [1.165, 1.54) is 11.0 Å². The maximum absolute atomic E-state index is 11.7. The number of benzene rings is 1. The molecule has 114 valence electrons. The van der Waals surface area contributed by atoms with Gasteiger partial charge in [0.15, 0.2) is 11.5 Å². The van der Waals surface area contributed by atoms with Gasteiger partial charge in [0.2, 0.25) is 5.91 Å². The van der Waals surface area contributed by atoms with Crippen molar-refractivity contribution in [3.8, 4) is 11.5 Å². The van der Waals surface area contributed by atoms with Gasteiger partial charge in [-0.15, -0.1) is 0 Å². The molecule has 1 aromatic rings. The zero-order valence-corrected chi connectivity index (χ0v) is 14.0. The molecule has 6 nitrogen and oxygen atoms in total. The van der Waals surface area contributed by atoms with Gasteiger partial charge >= 0.3 is 0 Å². The van der Waals surface area contributed by atoms with Crippen LogP contribution in [0.15, 0.2) is 15.0 Å². The fraction of sp³-hybridized carbons (Fsp3) is 0.385. The molecular weight excluding hydrogens is 410 g/mol. The van der Waals surface area contributed by atoms with Gasteiger partial charge in [-0.1, -0.05) is 0 Å². The Morgan fingerprint density at radius 3 is 2.67 bits per heavy atom. The Kier molecular flexibility index (Phi) is 4.77. The number of hydrogen-bond acceptors (Lipinski definition) is 5. The zero-order chi connectivity index (χ0) is 15.7. The second-order valence-corrected chi connectivity index (χ2v) is 6.33. The third-order valence-corrected chi connectivity index (χ3v) is 5.67. The summed E-state index contributed by atoms with van der Waals surface area (Å²) in [4.78, 5) is 24.0. The molecule has 1 amide bonds. The van der Waals surface area contributed by atoms with Gasteiger partial charge in [-0.05, 0) is 56.3 Å². The largest absolute Gasteiger partial charge is 0.548 e. The Bertz CT molecular complexity index is 605. The van der Waals surface area contributed by atoms with Crippen LogP contribution in [0, 0.1) is 0 Å². The number of likely N-dealkylation sites (tertiary alicyclic amines) is 1. The maximum Gasteiger partial charge on any atom is 0.223 e. The number of phenols is 2. The van der Waals surface area contributed by atoms with Gasteiger partial charge in [0, 0.05) is 17.4 Å². The van der Waals surface area contributed by atoms with Crippen LogP contribution in [-0.4, -0.2) is 39.6 Å². The van der Waals surface area contributed by atoms with E-state index in [9.17, 15) is 24.9 Å². The van der Waals surface area contributed by atoms with E-state index in [0.717, 1.165) is 0 Å². The van der Waals surface area contributed by atoms with Crippen LogP contribution in [0.25, 0.3) is 0 Å². The van der Waals surface area contributed by atoms with Crippen molar-refractivity contribution in [3.63, 3.8) is 0 Å². The van der Waals surface area contributed by atoms with Crippen molar-refractivity contribution in [2.45, 2.75) is 25.3 Å². The fourth-order valence-electron chi connectivity index (χ4n) is 2.34. The number of halogens is 2. The first-order valence-electron chi connectivity index (χ1n) is 6.22. The Hall–Kier alpha value is -1.28. The van der Waals surface area contributed by atoms with E-state index in [1.54, 1.807) is 0 Å². The molecule has 1 heterocycles. The number of carboxylic acid groups (broad SMARTS) is 1. The Morgan fingerprint density at radius 1 is 1.38 bits per heavy atom. The highest BCUT2D eigenvalue weighted by Crippen LogP contribution is 2.41. The first-order chi connectivity index (χ1) is 9.82. The van der Waals surface area contributed by atoms with Gasteiger partial charge in [-0.2, -0.15) is 0 Å². The number of hydrogen-bond donors (Lipinski definition) is 2. The summed E-state index contributed by atoms with van der Waals surface area (Å²) in [6.45, 7) is 0.201. The molecule has 1 aliphatic rings. The minimum Gasteiger partial charge on any atom is -0.548 e. The molecule has 0 bridgehead atoms. The predicted octanol–water partition coefficient (Wildman–Crippen LogP) is 0.906. The van der Waals surface area contributed by atoms with E-state index in [-0.39, 0.29) is 36.8 Å². The van der Waals surface area contributed by atoms with Crippen LogP contribution in [0.1, 0.15) is 18.4 Å². The Labute approximate surface area is 137 Å². The normalized spacial score (nSPS) is 18.3. The molecule has 1 aliphatic heterocycles. The quantitative estimate of drug-likeness (QED) is 0.703. The van der Waals surface area contributed by atoms with E-state index < -0.39 is 12.0 Å². The molecule has 0 aromatic heterocycles. The predicted molar refractivity (Wildman–Crippen MR) is 78.6 cm³/mol. The van der Waals surface area contributed by atoms with Crippen molar-refractivity contribution in [1.82, 2.24) is 4.90 Å². The summed E-state index contributed by atoms with van der Waals surface area (Å²) in [7, 11) is 0. The first kappa shape index (κ1) is 16.1. The van der Waals surface area contributed by atoms with E-state index in [2.05, 4.69) is 31.9 Å². The number of carbonyl (C=O) groups is 2. The summed E-state index contributed by atoms with van der Waals surface area (Å²) in [5.41, 5.74) is 0.647. The lowest BCUT2D eigenvalue weighted by Gasteiger charge is -2.25. The van der Waals surface area contributed by atoms with E-state index in [1.807, 2.05) is 0 Å². The summed E-state index contributed by atoms with van der Waals surface area (Å²) in [6.07, 6.45) is 0.791. The highest BCUT2D eigenvalue weighted by molar-refractivity contribution is 9.13. The number of phenolic OH excluding ortho intramolecular Hbond substituents is 2. The third-order valence-electron chi connectivity index (χ3n) is 3.46. The number of carbonyl (C=O) groups excluding carboxylic acids is 2. The molecule has 1 atom stereocenters. The van der Waals surface area contributed by atoms with E-state index in [4.69, 9.17) is 0 Å². The molecule has 0 aliphatic carbocycles. The molecular formula is C13H12Br2NO5-. The average Bonchev–Trinajstić information content (AvgIpc) is 2.80. The summed E-state index contributed by atoms with van der Waals surface area (Å²) < 4.78 is 0.858. The lowest BCUT2D eigenvalue weighted by molar-refractivity contribution is -0.310. The summed E-state index contributed by atoms with van der Waals surface area (Å²) >= 11 is 6.42. The molecule has 1 saturated heterocycles. The second kappa shape index (κ2) is 6.23. The van der Waals surface area contributed by atoms with Crippen molar-refractivity contribution in [1.29, 1.82) is 0 Å². The molecule has 0 saturated carbocycles. The zero-order valence-electron chi connectivity index (χ0n) is 10.8. The molecule has 21 heavy (non-hydrogen) atoms. The minimum atomic E-state index is -1.25. The lowest BCUT2D eigenvalue weighted by Crippen LogP contribution is -2.46. The van der Waals surface area contributed by atoms with Gasteiger partial charge in [-0.25, -0.2) is 0 Å². The first-order valence-corrected chi connectivity index (χ1v) is 7.80. The van der Waals surface area contributed by atoms with Crippen LogP contribution in [0.5, 0.6) is 11.5 Å². The topological polar surface area (TPSA) is 101 Å². The molecule has 2 rings (SSSR count). The van der Waals surface area contributed by atoms with Crippen molar-refractivity contribution < 1.29 is 24.9 Å². The van der Waals surface area contributed by atoms with Crippen LogP contribution in [0.4, 0.5) is 0 Å². The SMILES string of the molecule is O=C([O-])C1CCC(=O)N1CCc1cc(O)c(O)c(Br)c1Br. The maximum atomic E-state index is 11.7. The van der Waals surface area contributed by atoms with Crippen LogP contribution in [0.2, 0.25) is 0 Å². The third kappa shape index (κ3) is 3.16. The molecule has 0 radical (unpaired) electrons. The van der Waals surface area contributed by atoms with Gasteiger partial charge in [0.05, 0.1) is 16.5 Å². The van der Waals surface area contributed by atoms with Crippen LogP contribution in [-0.2, 0) is 16.0 Å². The van der Waals surface area contributed by atoms with Crippen molar-refractivity contribution in [2.75, 3.05) is 6.54 Å². The number of rotatable bonds is 4. The average molecular weight is 422 g/mol. The van der Waals surface area contributed by atoms with Crippen LogP contribution in [0.3, 0.4) is 0 Å². The smallest absolute Gasteiger partial charge is 0.223 e. The highest BCUT2D eigenvalue weighted by Gasteiger charge is 2.31. The van der Waals surface area contributed by atoms with Crippen molar-refractivity contribution in [2.24, 2.45) is 0 Å². The molecule has 8 heteroatoms. The minimum absolute atomic E-state index is 0.199. The van der Waals surface area contributed by atoms with Crippen molar-refractivity contribution >= 4 is 43.7 Å². The van der Waals surface area contributed by atoms with Crippen LogP contribution >= 0.6 is 31.9 Å². The number of nitrogens with zero attached hydrogens (tertiary/aromatic N) is 1. The van der Waals surface area contributed by atoms with Gasteiger partial charge in [0.1, 0.15) is 0 Å². The standard InChI is InChI=1S/C13H13Br2NO5/c14-10-6(5-8(17)12(19)11(10)15)3-4-16-7(13(20)21)1-2-9(16)18/h5,7,17,19H,1-4H2,(H,20,21)/p-1. The fourth-order valence-corrected chi connectivity index (χ4v) is 3.29. The van der Waals surface area contributed by atoms with Crippen LogP contribution < -0.4 is 5.11 Å². The van der Waals surface area contributed by atoms with E-state index >= 15 is 0 Å². The molecule has 1 fully saturated rings. The second-order valence-electron chi connectivity index (χ2n) is 4.74. The Morgan fingerprint density at radius 2 is 2.05 bits per heavy atom. The van der Waals surface area contributed by atoms with Gasteiger partial charge in [0.25, 0.3) is 0 Å². The number of aliphatic carboxylic acids is 1. The monoisotopic (exact) mass is 420 g/mol. The van der Waals surface area contributed by atoms with Gasteiger partial charge in [-0.3, -0.25) is 4.79 Å². The molecule has 1 aromatic carbocycles. The van der Waals surface area contributed by atoms with E-state index in [0.29, 0.717) is 20.9 Å². The Balaban J connectivity index is 2.16. The summed E-state index contributed by atoms with van der Waals surface area (Å²) in [5, 5.41) is 30.2.